The number of pyridine rings is 2. The summed E-state index contributed by atoms with van der Waals surface area (Å²) in [5, 5.41) is 29.0. The van der Waals surface area contributed by atoms with E-state index in [1.54, 1.807) is 18.2 Å². The SMILES string of the molecule is CCC(C)[C@H](N)C(=O)N(CCNc1ncccc1[N+](=O)[O-])C(=O)[C@@H](C[C@H](O)[C@H](CC1CCCCC1)NC(=O)c1ccccn1)C(C)C. The number of carbonyl (C=O) groups excluding carboxylic acids is 3. The third-order valence-electron chi connectivity index (χ3n) is 9.29. The third kappa shape index (κ3) is 10.8. The fourth-order valence-electron chi connectivity index (χ4n) is 6.09. The Labute approximate surface area is 277 Å². The summed E-state index contributed by atoms with van der Waals surface area (Å²) in [5.41, 5.74) is 6.34. The molecule has 5 N–H and O–H groups in total. The van der Waals surface area contributed by atoms with Crippen molar-refractivity contribution < 1.29 is 24.4 Å². The molecule has 0 aliphatic heterocycles. The van der Waals surface area contributed by atoms with Crippen LogP contribution in [0.3, 0.4) is 0 Å². The fraction of sp³-hybridized carbons (Fsp3) is 0.618. The number of nitro groups is 1. The molecular weight excluding hydrogens is 602 g/mol. The Hall–Kier alpha value is -3.97. The van der Waals surface area contributed by atoms with Crippen LogP contribution in [-0.2, 0) is 9.59 Å². The van der Waals surface area contributed by atoms with Crippen LogP contribution in [0, 0.1) is 33.8 Å². The second-order valence-corrected chi connectivity index (χ2v) is 13.0. The molecule has 2 aromatic heterocycles. The first-order valence-corrected chi connectivity index (χ1v) is 16.8. The number of nitrogens with zero attached hydrogens (tertiary/aromatic N) is 4. The van der Waals surface area contributed by atoms with Crippen LogP contribution in [-0.4, -0.2) is 73.9 Å². The Kier molecular flexibility index (Phi) is 14.7. The maximum Gasteiger partial charge on any atom is 0.311 e. The van der Waals surface area contributed by atoms with Gasteiger partial charge in [-0.15, -0.1) is 0 Å². The summed E-state index contributed by atoms with van der Waals surface area (Å²) in [4.78, 5) is 61.3. The van der Waals surface area contributed by atoms with Crippen LogP contribution >= 0.6 is 0 Å². The predicted octanol–water partition coefficient (Wildman–Crippen LogP) is 4.32. The Bertz CT molecular complexity index is 1320. The highest BCUT2D eigenvalue weighted by Crippen LogP contribution is 2.30. The zero-order chi connectivity index (χ0) is 34.5. The Morgan fingerprint density at radius 1 is 1.06 bits per heavy atom. The average Bonchev–Trinajstić information content (AvgIpc) is 3.08. The number of carbonyl (C=O) groups is 3. The van der Waals surface area contributed by atoms with Crippen LogP contribution in [0.15, 0.2) is 42.7 Å². The van der Waals surface area contributed by atoms with Crippen molar-refractivity contribution in [2.45, 2.75) is 97.2 Å². The number of aromatic nitrogens is 2. The molecule has 258 valence electrons. The normalized spacial score (nSPS) is 16.8. The van der Waals surface area contributed by atoms with E-state index >= 15 is 0 Å². The van der Waals surface area contributed by atoms with Crippen LogP contribution in [0.2, 0.25) is 0 Å². The van der Waals surface area contributed by atoms with Gasteiger partial charge in [0.25, 0.3) is 5.91 Å². The number of anilines is 1. The predicted molar refractivity (Wildman–Crippen MR) is 179 cm³/mol. The second kappa shape index (κ2) is 18.4. The summed E-state index contributed by atoms with van der Waals surface area (Å²) in [7, 11) is 0. The van der Waals surface area contributed by atoms with Crippen molar-refractivity contribution in [2.24, 2.45) is 29.4 Å². The van der Waals surface area contributed by atoms with Crippen molar-refractivity contribution >= 4 is 29.2 Å². The number of aliphatic hydroxyl groups excluding tert-OH is 1. The van der Waals surface area contributed by atoms with Crippen molar-refractivity contribution in [1.29, 1.82) is 0 Å². The van der Waals surface area contributed by atoms with Crippen LogP contribution < -0.4 is 16.4 Å². The standard InChI is InChI=1S/C34H51N7O6/c1-5-23(4)30(35)34(45)40(19-18-38-31-28(41(46)47)15-11-17-37-31)33(44)25(22(2)3)21-29(42)27(20-24-12-7-6-8-13-24)39-32(43)26-14-9-10-16-36-26/h9-11,14-17,22-25,27,29-30,42H,5-8,12-13,18-21,35H2,1-4H3,(H,37,38)(H,39,43)/t23?,25-,27-,29-,30-/m0/s1. The quantitative estimate of drug-likeness (QED) is 0.141. The Balaban J connectivity index is 1.84. The lowest BCUT2D eigenvalue weighted by Crippen LogP contribution is -2.54. The number of rotatable bonds is 17. The minimum absolute atomic E-state index is 0.000363. The molecule has 5 atom stereocenters. The highest BCUT2D eigenvalue weighted by atomic mass is 16.6. The molecule has 1 aliphatic rings. The lowest BCUT2D eigenvalue weighted by molar-refractivity contribution is -0.384. The van der Waals surface area contributed by atoms with E-state index in [2.05, 4.69) is 20.6 Å². The van der Waals surface area contributed by atoms with Crippen molar-refractivity contribution in [3.8, 4) is 0 Å². The minimum atomic E-state index is -1.07. The van der Waals surface area contributed by atoms with Crippen LogP contribution in [0.25, 0.3) is 0 Å². The summed E-state index contributed by atoms with van der Waals surface area (Å²) >= 11 is 0. The van der Waals surface area contributed by atoms with Crippen molar-refractivity contribution in [3.05, 3.63) is 58.5 Å². The summed E-state index contributed by atoms with van der Waals surface area (Å²) in [5.74, 6) is -2.34. The molecule has 1 unspecified atom stereocenters. The second-order valence-electron chi connectivity index (χ2n) is 13.0. The number of imide groups is 1. The Morgan fingerprint density at radius 2 is 1.77 bits per heavy atom. The van der Waals surface area contributed by atoms with Gasteiger partial charge < -0.3 is 21.5 Å². The molecule has 2 aromatic rings. The molecule has 1 saturated carbocycles. The number of hydrogen-bond donors (Lipinski definition) is 4. The number of aliphatic hydroxyl groups is 1. The maximum atomic E-state index is 14.2. The van der Waals surface area contributed by atoms with E-state index in [0.717, 1.165) is 30.6 Å². The molecule has 13 nitrogen and oxygen atoms in total. The lowest BCUT2D eigenvalue weighted by atomic mass is 9.81. The van der Waals surface area contributed by atoms with Gasteiger partial charge in [-0.2, -0.15) is 0 Å². The van der Waals surface area contributed by atoms with E-state index in [4.69, 9.17) is 5.73 Å². The molecular formula is C34H51N7O6. The highest BCUT2D eigenvalue weighted by Gasteiger charge is 2.37. The largest absolute Gasteiger partial charge is 0.391 e. The van der Waals surface area contributed by atoms with Crippen LogP contribution in [0.4, 0.5) is 11.5 Å². The van der Waals surface area contributed by atoms with E-state index in [0.29, 0.717) is 18.8 Å². The molecule has 2 heterocycles. The van der Waals surface area contributed by atoms with Gasteiger partial charge in [0.1, 0.15) is 5.69 Å². The fourth-order valence-corrected chi connectivity index (χ4v) is 6.09. The molecule has 0 aromatic carbocycles. The van der Waals surface area contributed by atoms with Gasteiger partial charge >= 0.3 is 5.69 Å². The van der Waals surface area contributed by atoms with E-state index < -0.39 is 46.8 Å². The monoisotopic (exact) mass is 653 g/mol. The van der Waals surface area contributed by atoms with Gasteiger partial charge in [-0.05, 0) is 48.8 Å². The van der Waals surface area contributed by atoms with Crippen LogP contribution in [0.1, 0.15) is 89.5 Å². The molecule has 1 aliphatic carbocycles. The molecule has 13 heteroatoms. The van der Waals surface area contributed by atoms with E-state index in [9.17, 15) is 29.6 Å². The van der Waals surface area contributed by atoms with Crippen molar-refractivity contribution in [3.63, 3.8) is 0 Å². The zero-order valence-electron chi connectivity index (χ0n) is 28.0. The van der Waals surface area contributed by atoms with Crippen LogP contribution in [0.5, 0.6) is 0 Å². The average molecular weight is 654 g/mol. The molecule has 0 spiro atoms. The Morgan fingerprint density at radius 3 is 2.38 bits per heavy atom. The third-order valence-corrected chi connectivity index (χ3v) is 9.29. The number of hydrogen-bond acceptors (Lipinski definition) is 10. The zero-order valence-corrected chi connectivity index (χ0v) is 28.0. The van der Waals surface area contributed by atoms with Gasteiger partial charge in [0.2, 0.25) is 17.6 Å². The minimum Gasteiger partial charge on any atom is -0.391 e. The summed E-state index contributed by atoms with van der Waals surface area (Å²) in [6, 6.07) is 6.25. The summed E-state index contributed by atoms with van der Waals surface area (Å²) < 4.78 is 0. The molecule has 0 saturated heterocycles. The molecule has 47 heavy (non-hydrogen) atoms. The molecule has 1 fully saturated rings. The first-order valence-electron chi connectivity index (χ1n) is 16.8. The number of amides is 3. The van der Waals surface area contributed by atoms with E-state index in [1.807, 2.05) is 27.7 Å². The van der Waals surface area contributed by atoms with Gasteiger partial charge in [0.05, 0.1) is 23.1 Å². The van der Waals surface area contributed by atoms with Gasteiger partial charge in [-0.25, -0.2) is 4.98 Å². The smallest absolute Gasteiger partial charge is 0.311 e. The lowest BCUT2D eigenvalue weighted by Gasteiger charge is -2.34. The maximum absolute atomic E-state index is 14.2. The molecule has 0 bridgehead atoms. The van der Waals surface area contributed by atoms with Gasteiger partial charge in [-0.1, -0.05) is 72.3 Å². The highest BCUT2D eigenvalue weighted by molar-refractivity contribution is 5.99. The first kappa shape index (κ1) is 37.5. The number of nitrogens with one attached hydrogen (secondary N) is 2. The van der Waals surface area contributed by atoms with Crippen molar-refractivity contribution in [2.75, 3.05) is 18.4 Å². The first-order chi connectivity index (χ1) is 22.4. The topological polar surface area (TPSA) is 194 Å². The number of nitrogens with two attached hydrogens (primary N) is 1. The summed E-state index contributed by atoms with van der Waals surface area (Å²) in [6.07, 6.45) is 8.44. The summed E-state index contributed by atoms with van der Waals surface area (Å²) in [6.45, 7) is 7.34. The van der Waals surface area contributed by atoms with Gasteiger partial charge in [0.15, 0.2) is 0 Å². The van der Waals surface area contributed by atoms with Crippen molar-refractivity contribution in [1.82, 2.24) is 20.2 Å². The van der Waals surface area contributed by atoms with E-state index in [-0.39, 0.29) is 48.5 Å². The van der Waals surface area contributed by atoms with Gasteiger partial charge in [0, 0.05) is 37.5 Å². The molecule has 3 amide bonds. The molecule has 0 radical (unpaired) electrons. The van der Waals surface area contributed by atoms with Gasteiger partial charge in [-0.3, -0.25) is 34.4 Å². The molecule has 3 rings (SSSR count). The van der Waals surface area contributed by atoms with E-state index in [1.165, 1.54) is 30.9 Å².